The van der Waals surface area contributed by atoms with Crippen LogP contribution in [-0.4, -0.2) is 15.2 Å². The second-order valence-corrected chi connectivity index (χ2v) is 5.94. The average molecular weight is 347 g/mol. The number of benzene rings is 2. The molecule has 0 saturated carbocycles. The molecule has 0 radical (unpaired) electrons. The molecule has 2 N–H and O–H groups in total. The molecular formula is C20H15ClN4. The Labute approximate surface area is 150 Å². The lowest BCUT2D eigenvalue weighted by atomic mass is 10.0. The van der Waals surface area contributed by atoms with Crippen LogP contribution in [-0.2, 0) is 0 Å². The maximum atomic E-state index is 6.41. The first kappa shape index (κ1) is 15.4. The molecule has 122 valence electrons. The van der Waals surface area contributed by atoms with Crippen molar-refractivity contribution in [1.82, 2.24) is 15.2 Å². The first-order valence-corrected chi connectivity index (χ1v) is 8.26. The van der Waals surface area contributed by atoms with Gasteiger partial charge in [0.25, 0.3) is 0 Å². The summed E-state index contributed by atoms with van der Waals surface area (Å²) in [6, 6.07) is 21.6. The Morgan fingerprint density at radius 1 is 0.840 bits per heavy atom. The summed E-state index contributed by atoms with van der Waals surface area (Å²) in [7, 11) is 0. The van der Waals surface area contributed by atoms with Crippen LogP contribution in [0.25, 0.3) is 22.4 Å². The van der Waals surface area contributed by atoms with E-state index in [-0.39, 0.29) is 0 Å². The minimum atomic E-state index is 0.674. The summed E-state index contributed by atoms with van der Waals surface area (Å²) in [5.74, 6) is 0.743. The van der Waals surface area contributed by atoms with Crippen LogP contribution in [0.4, 0.5) is 11.5 Å². The molecule has 4 aromatic rings. The topological polar surface area (TPSA) is 53.6 Å². The van der Waals surface area contributed by atoms with Crippen LogP contribution in [0.15, 0.2) is 79.1 Å². The fourth-order valence-corrected chi connectivity index (χ4v) is 2.98. The van der Waals surface area contributed by atoms with Gasteiger partial charge in [-0.1, -0.05) is 48.0 Å². The van der Waals surface area contributed by atoms with Crippen molar-refractivity contribution >= 4 is 23.1 Å². The molecule has 0 atom stereocenters. The average Bonchev–Trinajstić information content (AvgIpc) is 3.07. The van der Waals surface area contributed by atoms with Gasteiger partial charge >= 0.3 is 0 Å². The van der Waals surface area contributed by atoms with Crippen LogP contribution >= 0.6 is 11.6 Å². The Bertz CT molecular complexity index is 981. The highest BCUT2D eigenvalue weighted by atomic mass is 35.5. The number of aromatic amines is 1. The molecule has 0 aliphatic heterocycles. The standard InChI is InChI=1S/C20H15ClN4/c21-17-9-5-4-8-16(17)19-18(14-10-12-22-13-11-14)20(25-24-19)23-15-6-2-1-3-7-15/h1-13H,(H2,23,24,25). The van der Waals surface area contributed by atoms with Crippen molar-refractivity contribution in [2.24, 2.45) is 0 Å². The number of aromatic nitrogens is 3. The molecule has 4 rings (SSSR count). The number of hydrogen-bond acceptors (Lipinski definition) is 3. The monoisotopic (exact) mass is 346 g/mol. The second-order valence-electron chi connectivity index (χ2n) is 5.53. The number of hydrogen-bond donors (Lipinski definition) is 2. The van der Waals surface area contributed by atoms with Gasteiger partial charge in [-0.3, -0.25) is 10.1 Å². The Balaban J connectivity index is 1.87. The number of nitrogens with zero attached hydrogens (tertiary/aromatic N) is 2. The van der Waals surface area contributed by atoms with Gasteiger partial charge in [0.05, 0.1) is 11.3 Å². The largest absolute Gasteiger partial charge is 0.338 e. The van der Waals surface area contributed by atoms with Crippen LogP contribution in [0, 0.1) is 0 Å². The molecule has 2 aromatic carbocycles. The number of para-hydroxylation sites is 1. The van der Waals surface area contributed by atoms with Gasteiger partial charge in [-0.05, 0) is 35.9 Å². The molecule has 0 unspecified atom stereocenters. The predicted octanol–water partition coefficient (Wildman–Crippen LogP) is 5.54. The van der Waals surface area contributed by atoms with Gasteiger partial charge in [-0.25, -0.2) is 0 Å². The number of pyridine rings is 1. The molecule has 0 aliphatic rings. The number of anilines is 2. The molecule has 0 spiro atoms. The van der Waals surface area contributed by atoms with Gasteiger partial charge < -0.3 is 5.32 Å². The van der Waals surface area contributed by atoms with Gasteiger partial charge in [-0.2, -0.15) is 5.10 Å². The number of H-pyrrole nitrogens is 1. The lowest BCUT2D eigenvalue weighted by Gasteiger charge is -2.09. The highest BCUT2D eigenvalue weighted by Gasteiger charge is 2.18. The molecule has 2 aromatic heterocycles. The summed E-state index contributed by atoms with van der Waals surface area (Å²) in [6.07, 6.45) is 3.54. The first-order valence-electron chi connectivity index (χ1n) is 7.88. The molecule has 4 nitrogen and oxygen atoms in total. The van der Waals surface area contributed by atoms with Crippen LogP contribution in [0.3, 0.4) is 0 Å². The molecule has 0 amide bonds. The number of rotatable bonds is 4. The fraction of sp³-hybridized carbons (Fsp3) is 0. The molecule has 2 heterocycles. The Morgan fingerprint density at radius 3 is 2.32 bits per heavy atom. The summed E-state index contributed by atoms with van der Waals surface area (Å²) >= 11 is 6.41. The van der Waals surface area contributed by atoms with Crippen molar-refractivity contribution in [1.29, 1.82) is 0 Å². The summed E-state index contributed by atoms with van der Waals surface area (Å²) in [5, 5.41) is 11.7. The first-order chi connectivity index (χ1) is 12.3. The minimum absolute atomic E-state index is 0.674. The zero-order chi connectivity index (χ0) is 17.1. The highest BCUT2D eigenvalue weighted by molar-refractivity contribution is 6.33. The third kappa shape index (κ3) is 3.12. The van der Waals surface area contributed by atoms with Gasteiger partial charge in [0.2, 0.25) is 0 Å². The maximum Gasteiger partial charge on any atom is 0.160 e. The SMILES string of the molecule is Clc1ccccc1-c1[nH]nc(Nc2ccccc2)c1-c1ccncc1. The molecular weight excluding hydrogens is 332 g/mol. The van der Waals surface area contributed by atoms with Crippen LogP contribution in [0.2, 0.25) is 5.02 Å². The zero-order valence-electron chi connectivity index (χ0n) is 13.3. The van der Waals surface area contributed by atoms with Crippen LogP contribution in [0.5, 0.6) is 0 Å². The summed E-state index contributed by atoms with van der Waals surface area (Å²) in [5.41, 5.74) is 4.71. The summed E-state index contributed by atoms with van der Waals surface area (Å²) in [4.78, 5) is 4.11. The lowest BCUT2D eigenvalue weighted by molar-refractivity contribution is 1.10. The van der Waals surface area contributed by atoms with E-state index < -0.39 is 0 Å². The maximum absolute atomic E-state index is 6.41. The second kappa shape index (κ2) is 6.79. The molecule has 0 aliphatic carbocycles. The predicted molar refractivity (Wildman–Crippen MR) is 102 cm³/mol. The Kier molecular flexibility index (Phi) is 4.19. The van der Waals surface area contributed by atoms with Crippen molar-refractivity contribution in [3.8, 4) is 22.4 Å². The van der Waals surface area contributed by atoms with Crippen molar-refractivity contribution in [2.75, 3.05) is 5.32 Å². The third-order valence-corrected chi connectivity index (χ3v) is 4.24. The quantitative estimate of drug-likeness (QED) is 0.510. The van der Waals surface area contributed by atoms with Crippen molar-refractivity contribution in [3.63, 3.8) is 0 Å². The molecule has 5 heteroatoms. The third-order valence-electron chi connectivity index (χ3n) is 3.92. The van der Waals surface area contributed by atoms with E-state index in [1.165, 1.54) is 0 Å². The molecule has 0 bridgehead atoms. The smallest absolute Gasteiger partial charge is 0.160 e. The molecule has 25 heavy (non-hydrogen) atoms. The van der Waals surface area contributed by atoms with Crippen molar-refractivity contribution in [2.45, 2.75) is 0 Å². The van der Waals surface area contributed by atoms with Gasteiger partial charge in [-0.15, -0.1) is 0 Å². The summed E-state index contributed by atoms with van der Waals surface area (Å²) < 4.78 is 0. The van der Waals surface area contributed by atoms with Crippen LogP contribution in [0.1, 0.15) is 0 Å². The molecule has 0 saturated heterocycles. The van der Waals surface area contributed by atoms with E-state index in [2.05, 4.69) is 20.5 Å². The van der Waals surface area contributed by atoms with E-state index in [1.54, 1.807) is 12.4 Å². The summed E-state index contributed by atoms with van der Waals surface area (Å²) in [6.45, 7) is 0. The van der Waals surface area contributed by atoms with Gasteiger partial charge in [0.15, 0.2) is 5.82 Å². The minimum Gasteiger partial charge on any atom is -0.338 e. The van der Waals surface area contributed by atoms with E-state index in [9.17, 15) is 0 Å². The lowest BCUT2D eigenvalue weighted by Crippen LogP contribution is -1.93. The number of halogens is 1. The van der Waals surface area contributed by atoms with Gasteiger partial charge in [0.1, 0.15) is 0 Å². The van der Waals surface area contributed by atoms with Crippen molar-refractivity contribution < 1.29 is 0 Å². The Hall–Kier alpha value is -3.11. The van der Waals surface area contributed by atoms with E-state index in [0.29, 0.717) is 5.02 Å². The highest BCUT2D eigenvalue weighted by Crippen LogP contribution is 2.39. The van der Waals surface area contributed by atoms with E-state index in [0.717, 1.165) is 33.9 Å². The van der Waals surface area contributed by atoms with E-state index >= 15 is 0 Å². The Morgan fingerprint density at radius 2 is 1.56 bits per heavy atom. The normalized spacial score (nSPS) is 10.6. The van der Waals surface area contributed by atoms with Gasteiger partial charge in [0, 0.05) is 28.7 Å². The van der Waals surface area contributed by atoms with E-state index in [1.807, 2.05) is 66.7 Å². The molecule has 0 fully saturated rings. The van der Waals surface area contributed by atoms with E-state index in [4.69, 9.17) is 11.6 Å². The van der Waals surface area contributed by atoms with Crippen molar-refractivity contribution in [3.05, 3.63) is 84.1 Å². The number of nitrogens with one attached hydrogen (secondary N) is 2. The fourth-order valence-electron chi connectivity index (χ4n) is 2.75. The van der Waals surface area contributed by atoms with Crippen LogP contribution < -0.4 is 5.32 Å². The zero-order valence-corrected chi connectivity index (χ0v) is 14.0.